The van der Waals surface area contributed by atoms with Crippen molar-refractivity contribution in [2.24, 2.45) is 5.73 Å². The van der Waals surface area contributed by atoms with E-state index < -0.39 is 17.9 Å². The molecule has 1 unspecified atom stereocenters. The highest BCUT2D eigenvalue weighted by Gasteiger charge is 2.39. The number of carbonyl (C=O) groups excluding carboxylic acids is 4. The van der Waals surface area contributed by atoms with Crippen LogP contribution in [0.15, 0.2) is 48.5 Å². The Morgan fingerprint density at radius 3 is 2.76 bits per heavy atom. The van der Waals surface area contributed by atoms with Crippen LogP contribution in [0.3, 0.4) is 0 Å². The quantitative estimate of drug-likeness (QED) is 0.480. The van der Waals surface area contributed by atoms with Gasteiger partial charge >= 0.3 is 0 Å². The van der Waals surface area contributed by atoms with Crippen LogP contribution in [-0.4, -0.2) is 63.6 Å². The summed E-state index contributed by atoms with van der Waals surface area (Å²) >= 11 is 0. The molecular formula is C28H27N5O5. The number of aromatic nitrogens is 1. The third-order valence-electron chi connectivity index (χ3n) is 7.44. The van der Waals surface area contributed by atoms with Crippen LogP contribution in [0, 0.1) is 0 Å². The summed E-state index contributed by atoms with van der Waals surface area (Å²) in [5.74, 6) is -0.739. The third-order valence-corrected chi connectivity index (χ3v) is 7.44. The topological polar surface area (TPSA) is 135 Å². The van der Waals surface area contributed by atoms with E-state index in [1.807, 2.05) is 30.3 Å². The number of imide groups is 1. The van der Waals surface area contributed by atoms with Gasteiger partial charge in [-0.25, -0.2) is 4.98 Å². The highest BCUT2D eigenvalue weighted by atomic mass is 16.5. The molecule has 10 heteroatoms. The van der Waals surface area contributed by atoms with E-state index in [0.717, 1.165) is 48.1 Å². The van der Waals surface area contributed by atoms with Gasteiger partial charge in [-0.05, 0) is 60.4 Å². The number of amides is 4. The molecule has 2 saturated heterocycles. The van der Waals surface area contributed by atoms with Crippen molar-refractivity contribution >= 4 is 34.5 Å². The van der Waals surface area contributed by atoms with Gasteiger partial charge in [0.15, 0.2) is 0 Å². The number of ether oxygens (including phenoxy) is 1. The molecule has 3 aliphatic heterocycles. The van der Waals surface area contributed by atoms with Gasteiger partial charge in [0.1, 0.15) is 23.6 Å². The number of likely N-dealkylation sites (tertiary alicyclic amines) is 1. The number of fused-ring (bicyclic) bond motifs is 2. The van der Waals surface area contributed by atoms with E-state index in [1.165, 1.54) is 0 Å². The molecule has 2 aromatic carbocycles. The summed E-state index contributed by atoms with van der Waals surface area (Å²) in [7, 11) is 0. The number of nitrogens with zero attached hydrogens (tertiary/aromatic N) is 3. The molecule has 6 rings (SSSR count). The molecule has 0 saturated carbocycles. The van der Waals surface area contributed by atoms with Gasteiger partial charge in [-0.3, -0.25) is 29.4 Å². The molecule has 2 atom stereocenters. The Morgan fingerprint density at radius 1 is 1.08 bits per heavy atom. The summed E-state index contributed by atoms with van der Waals surface area (Å²) < 4.78 is 6.28. The lowest BCUT2D eigenvalue weighted by Crippen LogP contribution is -2.52. The van der Waals surface area contributed by atoms with Gasteiger partial charge in [-0.2, -0.15) is 0 Å². The normalized spacial score (nSPS) is 21.6. The predicted molar refractivity (Wildman–Crippen MR) is 137 cm³/mol. The highest BCUT2D eigenvalue weighted by molar-refractivity contribution is 6.05. The molecule has 0 spiro atoms. The minimum atomic E-state index is -0.628. The molecule has 10 nitrogen and oxygen atoms in total. The number of rotatable bonds is 6. The molecule has 4 amide bonds. The minimum absolute atomic E-state index is 0.0247. The van der Waals surface area contributed by atoms with Crippen LogP contribution in [0.5, 0.6) is 5.75 Å². The van der Waals surface area contributed by atoms with Crippen molar-refractivity contribution in [2.75, 3.05) is 13.1 Å². The van der Waals surface area contributed by atoms with Gasteiger partial charge in [-0.1, -0.05) is 12.1 Å². The number of hydrogen-bond acceptors (Lipinski definition) is 7. The van der Waals surface area contributed by atoms with Crippen molar-refractivity contribution in [3.8, 4) is 5.75 Å². The Morgan fingerprint density at radius 2 is 1.95 bits per heavy atom. The molecule has 4 heterocycles. The SMILES string of the molecule is NC(=O)c1ccc2cc(CN3CC[C@H](Oc4ccc5c(c4)CN(C4CCC(=O)NC4=O)C5=O)C3)ccc2n1. The number of primary amides is 1. The van der Waals surface area contributed by atoms with Gasteiger partial charge in [0.2, 0.25) is 11.8 Å². The number of piperidine rings is 1. The average Bonchev–Trinajstić information content (AvgIpc) is 3.47. The second-order valence-electron chi connectivity index (χ2n) is 10.1. The lowest BCUT2D eigenvalue weighted by Gasteiger charge is -2.29. The summed E-state index contributed by atoms with van der Waals surface area (Å²) in [6.07, 6.45) is 1.48. The van der Waals surface area contributed by atoms with E-state index in [1.54, 1.807) is 17.0 Å². The Bertz CT molecular complexity index is 1490. The Labute approximate surface area is 218 Å². The highest BCUT2D eigenvalue weighted by Crippen LogP contribution is 2.31. The second kappa shape index (κ2) is 9.53. The second-order valence-corrected chi connectivity index (χ2v) is 10.1. The van der Waals surface area contributed by atoms with Gasteiger partial charge in [0.25, 0.3) is 11.8 Å². The van der Waals surface area contributed by atoms with E-state index in [-0.39, 0.29) is 30.0 Å². The summed E-state index contributed by atoms with van der Waals surface area (Å²) in [5.41, 5.74) is 8.87. The van der Waals surface area contributed by atoms with E-state index in [2.05, 4.69) is 21.3 Å². The monoisotopic (exact) mass is 513 g/mol. The summed E-state index contributed by atoms with van der Waals surface area (Å²) in [5, 5.41) is 3.29. The zero-order valence-electron chi connectivity index (χ0n) is 20.7. The van der Waals surface area contributed by atoms with Gasteiger partial charge in [0.05, 0.1) is 5.52 Å². The van der Waals surface area contributed by atoms with Crippen molar-refractivity contribution in [3.63, 3.8) is 0 Å². The minimum Gasteiger partial charge on any atom is -0.489 e. The Balaban J connectivity index is 1.07. The molecule has 0 bridgehead atoms. The smallest absolute Gasteiger partial charge is 0.267 e. The van der Waals surface area contributed by atoms with Crippen LogP contribution >= 0.6 is 0 Å². The van der Waals surface area contributed by atoms with E-state index in [9.17, 15) is 19.2 Å². The lowest BCUT2D eigenvalue weighted by atomic mass is 10.0. The van der Waals surface area contributed by atoms with Gasteiger partial charge in [-0.15, -0.1) is 0 Å². The summed E-state index contributed by atoms with van der Waals surface area (Å²) in [6, 6.07) is 14.3. The first kappa shape index (κ1) is 24.1. The number of nitrogens with one attached hydrogen (secondary N) is 1. The largest absolute Gasteiger partial charge is 0.489 e. The van der Waals surface area contributed by atoms with Crippen LogP contribution in [0.25, 0.3) is 10.9 Å². The summed E-state index contributed by atoms with van der Waals surface area (Å²) in [4.78, 5) is 56.2. The number of nitrogens with two attached hydrogens (primary N) is 1. The summed E-state index contributed by atoms with van der Waals surface area (Å²) in [6.45, 7) is 2.77. The maximum atomic E-state index is 12.9. The van der Waals surface area contributed by atoms with Crippen molar-refractivity contribution in [3.05, 3.63) is 70.9 Å². The van der Waals surface area contributed by atoms with E-state index in [4.69, 9.17) is 10.5 Å². The molecule has 3 aromatic rings. The fraction of sp³-hybridized carbons (Fsp3) is 0.321. The first-order chi connectivity index (χ1) is 18.3. The fourth-order valence-corrected chi connectivity index (χ4v) is 5.52. The molecule has 38 heavy (non-hydrogen) atoms. The van der Waals surface area contributed by atoms with Crippen LogP contribution in [0.4, 0.5) is 0 Å². The zero-order chi connectivity index (χ0) is 26.4. The molecule has 3 N–H and O–H groups in total. The van der Waals surface area contributed by atoms with Crippen LogP contribution in [0.2, 0.25) is 0 Å². The fourth-order valence-electron chi connectivity index (χ4n) is 5.52. The first-order valence-electron chi connectivity index (χ1n) is 12.7. The molecule has 0 radical (unpaired) electrons. The van der Waals surface area contributed by atoms with Crippen LogP contribution < -0.4 is 15.8 Å². The molecule has 2 fully saturated rings. The Hall–Kier alpha value is -4.31. The van der Waals surface area contributed by atoms with Crippen LogP contribution in [0.1, 0.15) is 51.2 Å². The van der Waals surface area contributed by atoms with Gasteiger partial charge in [0, 0.05) is 43.5 Å². The van der Waals surface area contributed by atoms with Crippen molar-refractivity contribution in [2.45, 2.75) is 44.5 Å². The molecular weight excluding hydrogens is 486 g/mol. The molecule has 194 valence electrons. The number of hydrogen-bond donors (Lipinski definition) is 2. The number of carbonyl (C=O) groups is 4. The number of benzene rings is 2. The molecule has 3 aliphatic rings. The predicted octanol–water partition coefficient (Wildman–Crippen LogP) is 1.75. The lowest BCUT2D eigenvalue weighted by molar-refractivity contribution is -0.136. The molecule has 1 aromatic heterocycles. The first-order valence-corrected chi connectivity index (χ1v) is 12.7. The van der Waals surface area contributed by atoms with E-state index in [0.29, 0.717) is 24.3 Å². The number of pyridine rings is 1. The maximum absolute atomic E-state index is 12.9. The average molecular weight is 514 g/mol. The third kappa shape index (κ3) is 4.58. The van der Waals surface area contributed by atoms with Gasteiger partial charge < -0.3 is 15.4 Å². The van der Waals surface area contributed by atoms with Crippen LogP contribution in [-0.2, 0) is 22.7 Å². The van der Waals surface area contributed by atoms with E-state index >= 15 is 0 Å². The standard InChI is InChI=1S/C28H27N5O5/c29-26(35)23-6-2-17-11-16(1-5-22(17)30-23)13-32-10-9-20(15-32)38-19-3-4-21-18(12-19)14-33(28(21)37)24-7-8-25(34)31-27(24)36/h1-6,11-12,20,24H,7-10,13-15H2,(H2,29,35)(H,31,34,36)/t20-,24?/m0/s1. The van der Waals surface area contributed by atoms with Crippen molar-refractivity contribution < 1.29 is 23.9 Å². The van der Waals surface area contributed by atoms with Crippen molar-refractivity contribution in [1.29, 1.82) is 0 Å². The van der Waals surface area contributed by atoms with Crippen molar-refractivity contribution in [1.82, 2.24) is 20.1 Å². The zero-order valence-corrected chi connectivity index (χ0v) is 20.7. The Kier molecular flexibility index (Phi) is 6.03. The molecule has 0 aliphatic carbocycles. The maximum Gasteiger partial charge on any atom is 0.267 e.